The normalized spacial score (nSPS) is 31.2. The van der Waals surface area contributed by atoms with Crippen molar-refractivity contribution in [2.45, 2.75) is 43.8 Å². The van der Waals surface area contributed by atoms with E-state index < -0.39 is 0 Å². The number of carbonyl (C=O) groups is 1. The molecular formula is C14H18N2O. The maximum Gasteiger partial charge on any atom is 0.251 e. The Bertz CT molecular complexity index is 392. The number of hydrogen-bond donors (Lipinski definition) is 2. The van der Waals surface area contributed by atoms with Gasteiger partial charge < -0.3 is 10.6 Å². The molecule has 2 N–H and O–H groups in total. The summed E-state index contributed by atoms with van der Waals surface area (Å²) in [5.74, 6) is 0.0666. The van der Waals surface area contributed by atoms with Gasteiger partial charge in [-0.3, -0.25) is 4.79 Å². The molecule has 2 bridgehead atoms. The van der Waals surface area contributed by atoms with Crippen molar-refractivity contribution in [1.29, 1.82) is 0 Å². The second kappa shape index (κ2) is 4.49. The molecule has 0 aliphatic carbocycles. The molecule has 2 saturated heterocycles. The van der Waals surface area contributed by atoms with Gasteiger partial charge >= 0.3 is 0 Å². The summed E-state index contributed by atoms with van der Waals surface area (Å²) in [6, 6.07) is 11.1. The van der Waals surface area contributed by atoms with E-state index in [4.69, 9.17) is 0 Å². The largest absolute Gasteiger partial charge is 0.349 e. The van der Waals surface area contributed by atoms with Gasteiger partial charge in [0.1, 0.15) is 0 Å². The molecule has 3 heteroatoms. The van der Waals surface area contributed by atoms with Crippen molar-refractivity contribution in [3.8, 4) is 0 Å². The third kappa shape index (κ3) is 2.34. The highest BCUT2D eigenvalue weighted by Gasteiger charge is 2.33. The molecular weight excluding hydrogens is 212 g/mol. The first-order valence-electron chi connectivity index (χ1n) is 6.43. The van der Waals surface area contributed by atoms with E-state index in [2.05, 4.69) is 10.6 Å². The summed E-state index contributed by atoms with van der Waals surface area (Å²) in [6.07, 6.45) is 4.69. The molecule has 17 heavy (non-hydrogen) atoms. The summed E-state index contributed by atoms with van der Waals surface area (Å²) in [5, 5.41) is 6.74. The lowest BCUT2D eigenvalue weighted by atomic mass is 9.99. The first kappa shape index (κ1) is 10.8. The van der Waals surface area contributed by atoms with Crippen LogP contribution < -0.4 is 10.6 Å². The molecule has 2 aliphatic heterocycles. The van der Waals surface area contributed by atoms with Crippen LogP contribution in [0.1, 0.15) is 36.0 Å². The Hall–Kier alpha value is -1.35. The molecule has 0 saturated carbocycles. The number of amides is 1. The van der Waals surface area contributed by atoms with E-state index in [9.17, 15) is 4.79 Å². The Labute approximate surface area is 102 Å². The standard InChI is InChI=1S/C14H18N2O/c17-14(10-4-2-1-3-5-10)16-13-8-11-6-7-12(9-13)15-11/h1-5,11-13,15H,6-9H2,(H,16,17). The van der Waals surface area contributed by atoms with Crippen molar-refractivity contribution in [3.05, 3.63) is 35.9 Å². The lowest BCUT2D eigenvalue weighted by Gasteiger charge is -2.29. The molecule has 1 aromatic rings. The van der Waals surface area contributed by atoms with E-state index in [1.165, 1.54) is 12.8 Å². The van der Waals surface area contributed by atoms with E-state index in [0.29, 0.717) is 18.1 Å². The molecule has 2 atom stereocenters. The van der Waals surface area contributed by atoms with E-state index >= 15 is 0 Å². The third-order valence-electron chi connectivity index (χ3n) is 3.84. The lowest BCUT2D eigenvalue weighted by Crippen LogP contribution is -2.48. The SMILES string of the molecule is O=C(NC1CC2CCC(C1)N2)c1ccccc1. The van der Waals surface area contributed by atoms with Crippen LogP contribution in [0.25, 0.3) is 0 Å². The van der Waals surface area contributed by atoms with Crippen LogP contribution in [0.4, 0.5) is 0 Å². The fraction of sp³-hybridized carbons (Fsp3) is 0.500. The van der Waals surface area contributed by atoms with E-state index in [1.807, 2.05) is 30.3 Å². The van der Waals surface area contributed by atoms with Gasteiger partial charge in [0.05, 0.1) is 0 Å². The molecule has 0 radical (unpaired) electrons. The van der Waals surface area contributed by atoms with E-state index in [1.54, 1.807) is 0 Å². The van der Waals surface area contributed by atoms with Crippen molar-refractivity contribution < 1.29 is 4.79 Å². The average molecular weight is 230 g/mol. The molecule has 0 spiro atoms. The number of benzene rings is 1. The lowest BCUT2D eigenvalue weighted by molar-refractivity contribution is 0.0924. The van der Waals surface area contributed by atoms with Crippen LogP contribution in [0.3, 0.4) is 0 Å². The average Bonchev–Trinajstić information content (AvgIpc) is 2.70. The summed E-state index contributed by atoms with van der Waals surface area (Å²) < 4.78 is 0. The van der Waals surface area contributed by atoms with Crippen molar-refractivity contribution in [2.24, 2.45) is 0 Å². The Morgan fingerprint density at radius 3 is 2.41 bits per heavy atom. The zero-order valence-corrected chi connectivity index (χ0v) is 9.86. The molecule has 2 heterocycles. The van der Waals surface area contributed by atoms with Gasteiger partial charge in [-0.25, -0.2) is 0 Å². The highest BCUT2D eigenvalue weighted by molar-refractivity contribution is 5.94. The topological polar surface area (TPSA) is 41.1 Å². The van der Waals surface area contributed by atoms with Gasteiger partial charge in [0.2, 0.25) is 0 Å². The van der Waals surface area contributed by atoms with Crippen LogP contribution in [-0.2, 0) is 0 Å². The predicted molar refractivity (Wildman–Crippen MR) is 66.9 cm³/mol. The summed E-state index contributed by atoms with van der Waals surface area (Å²) in [6.45, 7) is 0. The zero-order valence-electron chi connectivity index (χ0n) is 9.86. The molecule has 0 aromatic heterocycles. The quantitative estimate of drug-likeness (QED) is 0.812. The zero-order chi connectivity index (χ0) is 11.7. The summed E-state index contributed by atoms with van der Waals surface area (Å²) in [4.78, 5) is 12.0. The number of piperidine rings is 1. The molecule has 90 valence electrons. The van der Waals surface area contributed by atoms with Crippen LogP contribution >= 0.6 is 0 Å². The van der Waals surface area contributed by atoms with Gasteiger partial charge in [0, 0.05) is 23.7 Å². The first-order chi connectivity index (χ1) is 8.31. The van der Waals surface area contributed by atoms with Gasteiger partial charge in [0.15, 0.2) is 0 Å². The fourth-order valence-electron chi connectivity index (χ4n) is 3.03. The number of rotatable bonds is 2. The van der Waals surface area contributed by atoms with Crippen LogP contribution in [0, 0.1) is 0 Å². The van der Waals surface area contributed by atoms with Gasteiger partial charge in [-0.05, 0) is 37.8 Å². The highest BCUT2D eigenvalue weighted by Crippen LogP contribution is 2.26. The Balaban J connectivity index is 1.62. The van der Waals surface area contributed by atoms with Gasteiger partial charge in [-0.1, -0.05) is 18.2 Å². The minimum atomic E-state index is 0.0666. The maximum atomic E-state index is 12.0. The number of hydrogen-bond acceptors (Lipinski definition) is 2. The monoisotopic (exact) mass is 230 g/mol. The molecule has 1 amide bonds. The van der Waals surface area contributed by atoms with Crippen LogP contribution in [0.2, 0.25) is 0 Å². The number of fused-ring (bicyclic) bond motifs is 2. The van der Waals surface area contributed by atoms with E-state index in [0.717, 1.165) is 18.4 Å². The van der Waals surface area contributed by atoms with Gasteiger partial charge in [0.25, 0.3) is 5.91 Å². The number of carbonyl (C=O) groups excluding carboxylic acids is 1. The molecule has 1 aromatic carbocycles. The van der Waals surface area contributed by atoms with Gasteiger partial charge in [-0.2, -0.15) is 0 Å². The smallest absolute Gasteiger partial charge is 0.251 e. The highest BCUT2D eigenvalue weighted by atomic mass is 16.1. The molecule has 3 rings (SSSR count). The number of nitrogens with one attached hydrogen (secondary N) is 2. The fourth-order valence-corrected chi connectivity index (χ4v) is 3.03. The second-order valence-electron chi connectivity index (χ2n) is 5.15. The van der Waals surface area contributed by atoms with Crippen molar-refractivity contribution in [2.75, 3.05) is 0 Å². The third-order valence-corrected chi connectivity index (χ3v) is 3.84. The van der Waals surface area contributed by atoms with Crippen molar-refractivity contribution in [3.63, 3.8) is 0 Å². The van der Waals surface area contributed by atoms with Crippen molar-refractivity contribution >= 4 is 5.91 Å². The Morgan fingerprint density at radius 1 is 1.12 bits per heavy atom. The summed E-state index contributed by atoms with van der Waals surface area (Å²) in [7, 11) is 0. The Kier molecular flexibility index (Phi) is 2.85. The summed E-state index contributed by atoms with van der Waals surface area (Å²) >= 11 is 0. The molecule has 2 unspecified atom stereocenters. The molecule has 2 aliphatic rings. The second-order valence-corrected chi connectivity index (χ2v) is 5.15. The minimum Gasteiger partial charge on any atom is -0.349 e. The van der Waals surface area contributed by atoms with Crippen LogP contribution in [0.15, 0.2) is 30.3 Å². The maximum absolute atomic E-state index is 12.0. The Morgan fingerprint density at radius 2 is 1.76 bits per heavy atom. The molecule has 2 fully saturated rings. The van der Waals surface area contributed by atoms with E-state index in [-0.39, 0.29) is 5.91 Å². The minimum absolute atomic E-state index is 0.0666. The molecule has 3 nitrogen and oxygen atoms in total. The predicted octanol–water partition coefficient (Wildman–Crippen LogP) is 1.70. The van der Waals surface area contributed by atoms with Gasteiger partial charge in [-0.15, -0.1) is 0 Å². The van der Waals surface area contributed by atoms with Crippen LogP contribution in [0.5, 0.6) is 0 Å². The first-order valence-corrected chi connectivity index (χ1v) is 6.43. The van der Waals surface area contributed by atoms with Crippen LogP contribution in [-0.4, -0.2) is 24.0 Å². The summed E-state index contributed by atoms with van der Waals surface area (Å²) in [5.41, 5.74) is 0.762. The van der Waals surface area contributed by atoms with Crippen molar-refractivity contribution in [1.82, 2.24) is 10.6 Å².